The number of halogens is 2. The van der Waals surface area contributed by atoms with Gasteiger partial charge in [0.2, 0.25) is 0 Å². The van der Waals surface area contributed by atoms with E-state index in [1.165, 1.54) is 32.1 Å². The Hall–Kier alpha value is -2.46. The average Bonchev–Trinajstić information content (AvgIpc) is 2.95. The van der Waals surface area contributed by atoms with Gasteiger partial charge in [-0.2, -0.15) is 5.10 Å². The van der Waals surface area contributed by atoms with Crippen LogP contribution in [0.2, 0.25) is 5.02 Å². The van der Waals surface area contributed by atoms with E-state index >= 15 is 4.39 Å². The maximum Gasteiger partial charge on any atom is 0.184 e. The van der Waals surface area contributed by atoms with Gasteiger partial charge >= 0.3 is 0 Å². The molecule has 2 aromatic rings. The molecule has 2 aliphatic heterocycles. The van der Waals surface area contributed by atoms with Gasteiger partial charge in [-0.3, -0.25) is 15.2 Å². The minimum absolute atomic E-state index is 0.0839. The van der Waals surface area contributed by atoms with Crippen LogP contribution in [0.1, 0.15) is 43.2 Å². The fourth-order valence-electron chi connectivity index (χ4n) is 6.14. The second kappa shape index (κ2) is 13.3. The lowest BCUT2D eigenvalue weighted by Crippen LogP contribution is -2.51. The third-order valence-corrected chi connectivity index (χ3v) is 8.75. The van der Waals surface area contributed by atoms with Crippen molar-refractivity contribution in [2.75, 3.05) is 62.2 Å². The molecule has 2 saturated heterocycles. The molecule has 5 rings (SSSR count). The lowest BCUT2D eigenvalue weighted by atomic mass is 9.94. The number of hydrazone groups is 1. The van der Waals surface area contributed by atoms with E-state index in [0.29, 0.717) is 11.7 Å². The number of thiocarbonyl (C=S) groups is 1. The number of anilines is 2. The fourth-order valence-corrected chi connectivity index (χ4v) is 6.39. The number of benzene rings is 2. The molecule has 39 heavy (non-hydrogen) atoms. The number of rotatable bonds is 7. The Morgan fingerprint density at radius 2 is 1.64 bits per heavy atom. The summed E-state index contributed by atoms with van der Waals surface area (Å²) in [4.78, 5) is 9.57. The summed E-state index contributed by atoms with van der Waals surface area (Å²) in [7, 11) is 0. The zero-order valence-corrected chi connectivity index (χ0v) is 24.1. The standard InChI is InChI=1S/C29H39ClFN7S/c30-25-9-5-4-6-22(25)21-35-10-12-38(13-11-35)28-19-27(23(18-26(28)31)20-33-34-29(32)39)37-16-14-36(15-17-37)24-7-2-1-3-8-24/h4-6,9,18-20,24H,1-3,7-8,10-17,21H2,(H3,32,34,39)/b33-20+. The van der Waals surface area contributed by atoms with Crippen molar-refractivity contribution in [2.24, 2.45) is 10.8 Å². The van der Waals surface area contributed by atoms with E-state index in [1.54, 1.807) is 12.3 Å². The maximum absolute atomic E-state index is 15.5. The molecule has 0 bridgehead atoms. The molecule has 210 valence electrons. The van der Waals surface area contributed by atoms with E-state index in [0.717, 1.165) is 80.7 Å². The van der Waals surface area contributed by atoms with Crippen molar-refractivity contribution >= 4 is 46.5 Å². The van der Waals surface area contributed by atoms with Crippen LogP contribution in [0.25, 0.3) is 0 Å². The molecule has 3 fully saturated rings. The molecule has 0 atom stereocenters. The highest BCUT2D eigenvalue weighted by atomic mass is 35.5. The van der Waals surface area contributed by atoms with Crippen LogP contribution in [0, 0.1) is 5.82 Å². The van der Waals surface area contributed by atoms with E-state index in [9.17, 15) is 0 Å². The number of nitrogens with one attached hydrogen (secondary N) is 1. The Bertz CT molecular complexity index is 1160. The fraction of sp³-hybridized carbons (Fsp3) is 0.517. The first-order valence-corrected chi connectivity index (χ1v) is 14.9. The SMILES string of the molecule is NC(=S)N/N=C/c1cc(F)c(N2CCN(Cc3ccccc3Cl)CC2)cc1N1CCN(C2CCCCC2)CC1. The van der Waals surface area contributed by atoms with Gasteiger partial charge in [0.25, 0.3) is 0 Å². The number of hydrogen-bond acceptors (Lipinski definition) is 6. The summed E-state index contributed by atoms with van der Waals surface area (Å²) in [5.41, 5.74) is 11.7. The molecule has 0 amide bonds. The Morgan fingerprint density at radius 1 is 0.974 bits per heavy atom. The molecule has 0 spiro atoms. The van der Waals surface area contributed by atoms with Crippen molar-refractivity contribution in [1.82, 2.24) is 15.2 Å². The first-order chi connectivity index (χ1) is 19.0. The Kier molecular flexibility index (Phi) is 9.55. The van der Waals surface area contributed by atoms with Gasteiger partial charge < -0.3 is 15.5 Å². The number of nitrogens with two attached hydrogens (primary N) is 1. The molecular weight excluding hydrogens is 533 g/mol. The molecule has 0 radical (unpaired) electrons. The van der Waals surface area contributed by atoms with Gasteiger partial charge in [0, 0.05) is 81.2 Å². The van der Waals surface area contributed by atoms with E-state index < -0.39 is 0 Å². The quantitative estimate of drug-likeness (QED) is 0.290. The van der Waals surface area contributed by atoms with Crippen molar-refractivity contribution < 1.29 is 4.39 Å². The van der Waals surface area contributed by atoms with Gasteiger partial charge in [0.1, 0.15) is 5.82 Å². The van der Waals surface area contributed by atoms with E-state index in [-0.39, 0.29) is 10.9 Å². The molecule has 3 aliphatic rings. The van der Waals surface area contributed by atoms with Gasteiger partial charge in [-0.15, -0.1) is 0 Å². The summed E-state index contributed by atoms with van der Waals surface area (Å²) in [6.45, 7) is 7.90. The molecule has 0 unspecified atom stereocenters. The van der Waals surface area contributed by atoms with Gasteiger partial charge in [0.05, 0.1) is 11.9 Å². The summed E-state index contributed by atoms with van der Waals surface area (Å²) in [6.07, 6.45) is 8.29. The molecular formula is C29H39ClFN7S. The molecule has 3 N–H and O–H groups in total. The second-order valence-electron chi connectivity index (χ2n) is 10.8. The highest BCUT2D eigenvalue weighted by Gasteiger charge is 2.28. The van der Waals surface area contributed by atoms with Gasteiger partial charge in [-0.1, -0.05) is 49.1 Å². The summed E-state index contributed by atoms with van der Waals surface area (Å²) < 4.78 is 15.5. The summed E-state index contributed by atoms with van der Waals surface area (Å²) in [5, 5.41) is 5.03. The first-order valence-electron chi connectivity index (χ1n) is 14.1. The number of nitrogens with zero attached hydrogens (tertiary/aromatic N) is 5. The smallest absolute Gasteiger partial charge is 0.184 e. The number of hydrogen-bond donors (Lipinski definition) is 2. The van der Waals surface area contributed by atoms with Crippen molar-refractivity contribution in [3.8, 4) is 0 Å². The maximum atomic E-state index is 15.5. The minimum atomic E-state index is -0.240. The molecule has 2 aromatic carbocycles. The summed E-state index contributed by atoms with van der Waals surface area (Å²) in [6, 6.07) is 12.3. The topological polar surface area (TPSA) is 63.4 Å². The van der Waals surface area contributed by atoms with Crippen LogP contribution in [-0.4, -0.2) is 79.5 Å². The highest BCUT2D eigenvalue weighted by Crippen LogP contribution is 2.32. The van der Waals surface area contributed by atoms with Crippen LogP contribution < -0.4 is 21.0 Å². The lowest BCUT2D eigenvalue weighted by Gasteiger charge is -2.42. The van der Waals surface area contributed by atoms with Crippen molar-refractivity contribution in [3.05, 3.63) is 58.4 Å². The van der Waals surface area contributed by atoms with E-state index in [1.807, 2.05) is 24.3 Å². The summed E-state index contributed by atoms with van der Waals surface area (Å²) in [5.74, 6) is -0.240. The Labute approximate surface area is 241 Å². The molecule has 2 heterocycles. The van der Waals surface area contributed by atoms with Crippen LogP contribution in [0.3, 0.4) is 0 Å². The lowest BCUT2D eigenvalue weighted by molar-refractivity contribution is 0.148. The Balaban J connectivity index is 1.30. The molecule has 1 saturated carbocycles. The molecule has 0 aromatic heterocycles. The van der Waals surface area contributed by atoms with Crippen LogP contribution in [0.15, 0.2) is 41.5 Å². The zero-order chi connectivity index (χ0) is 27.2. The van der Waals surface area contributed by atoms with E-state index in [2.05, 4.69) is 36.2 Å². The average molecular weight is 572 g/mol. The highest BCUT2D eigenvalue weighted by molar-refractivity contribution is 7.80. The van der Waals surface area contributed by atoms with Crippen molar-refractivity contribution in [3.63, 3.8) is 0 Å². The van der Waals surface area contributed by atoms with Crippen LogP contribution in [0.5, 0.6) is 0 Å². The van der Waals surface area contributed by atoms with Crippen molar-refractivity contribution in [2.45, 2.75) is 44.7 Å². The predicted molar refractivity (Wildman–Crippen MR) is 164 cm³/mol. The van der Waals surface area contributed by atoms with Crippen molar-refractivity contribution in [1.29, 1.82) is 0 Å². The number of piperazine rings is 2. The monoisotopic (exact) mass is 571 g/mol. The van der Waals surface area contributed by atoms with Gasteiger partial charge in [-0.25, -0.2) is 4.39 Å². The molecule has 10 heteroatoms. The largest absolute Gasteiger partial charge is 0.375 e. The second-order valence-corrected chi connectivity index (χ2v) is 11.6. The van der Waals surface area contributed by atoms with Gasteiger partial charge in [-0.05, 0) is 48.8 Å². The zero-order valence-electron chi connectivity index (χ0n) is 22.5. The molecule has 1 aliphatic carbocycles. The van der Waals surface area contributed by atoms with Gasteiger partial charge in [0.15, 0.2) is 5.11 Å². The van der Waals surface area contributed by atoms with Crippen LogP contribution in [-0.2, 0) is 6.54 Å². The minimum Gasteiger partial charge on any atom is -0.375 e. The van der Waals surface area contributed by atoms with Crippen LogP contribution in [0.4, 0.5) is 15.8 Å². The van der Waals surface area contributed by atoms with E-state index in [4.69, 9.17) is 29.6 Å². The third-order valence-electron chi connectivity index (χ3n) is 8.29. The normalized spacial score (nSPS) is 20.1. The third kappa shape index (κ3) is 7.20. The predicted octanol–water partition coefficient (Wildman–Crippen LogP) is 4.42. The summed E-state index contributed by atoms with van der Waals surface area (Å²) >= 11 is 11.3. The van der Waals surface area contributed by atoms with Crippen LogP contribution >= 0.6 is 23.8 Å². The first kappa shape index (κ1) is 28.1. The Morgan fingerprint density at radius 3 is 2.33 bits per heavy atom. The molecule has 7 nitrogen and oxygen atoms in total.